The number of fused-ring (bicyclic) bond motifs is 2. The Morgan fingerprint density at radius 2 is 2.00 bits per heavy atom. The highest BCUT2D eigenvalue weighted by Crippen LogP contribution is 2.46. The van der Waals surface area contributed by atoms with E-state index in [0.29, 0.717) is 0 Å². The number of hydrogen-bond donors (Lipinski definition) is 1. The van der Waals surface area contributed by atoms with Gasteiger partial charge in [-0.25, -0.2) is 0 Å². The first kappa shape index (κ1) is 9.51. The fourth-order valence-electron chi connectivity index (χ4n) is 3.87. The summed E-state index contributed by atoms with van der Waals surface area (Å²) in [6.07, 6.45) is 8.12. The molecule has 0 radical (unpaired) electrons. The topological polar surface area (TPSA) is 26.0 Å². The Hall–Kier alpha value is -0.0400. The first-order chi connectivity index (χ1) is 6.11. The van der Waals surface area contributed by atoms with Crippen LogP contribution in [0.1, 0.15) is 52.4 Å². The Bertz CT molecular complexity index is 186. The van der Waals surface area contributed by atoms with E-state index in [-0.39, 0.29) is 5.54 Å². The predicted molar refractivity (Wildman–Crippen MR) is 56.4 cm³/mol. The maximum Gasteiger partial charge on any atom is 0.0162 e. The van der Waals surface area contributed by atoms with Gasteiger partial charge in [-0.1, -0.05) is 20.3 Å². The van der Waals surface area contributed by atoms with Gasteiger partial charge >= 0.3 is 0 Å². The van der Waals surface area contributed by atoms with Crippen molar-refractivity contribution in [1.82, 2.24) is 0 Å². The van der Waals surface area contributed by atoms with Crippen molar-refractivity contribution in [2.45, 2.75) is 57.9 Å². The van der Waals surface area contributed by atoms with Crippen molar-refractivity contribution in [2.75, 3.05) is 0 Å². The van der Waals surface area contributed by atoms with Crippen molar-refractivity contribution >= 4 is 0 Å². The Morgan fingerprint density at radius 3 is 2.62 bits per heavy atom. The molecule has 0 amide bonds. The van der Waals surface area contributed by atoms with Crippen LogP contribution in [-0.4, -0.2) is 5.54 Å². The largest absolute Gasteiger partial charge is 0.325 e. The van der Waals surface area contributed by atoms with Crippen LogP contribution in [0.25, 0.3) is 0 Å². The zero-order valence-electron chi connectivity index (χ0n) is 9.05. The molecule has 1 nitrogen and oxygen atoms in total. The molecule has 2 aliphatic carbocycles. The van der Waals surface area contributed by atoms with E-state index in [2.05, 4.69) is 13.8 Å². The van der Waals surface area contributed by atoms with E-state index in [0.717, 1.165) is 17.8 Å². The van der Waals surface area contributed by atoms with E-state index in [9.17, 15) is 0 Å². The van der Waals surface area contributed by atoms with Gasteiger partial charge in [0.25, 0.3) is 0 Å². The lowest BCUT2D eigenvalue weighted by atomic mass is 9.61. The fraction of sp³-hybridized carbons (Fsp3) is 1.00. The van der Waals surface area contributed by atoms with Crippen LogP contribution in [0, 0.1) is 17.8 Å². The van der Waals surface area contributed by atoms with Crippen molar-refractivity contribution in [3.63, 3.8) is 0 Å². The summed E-state index contributed by atoms with van der Waals surface area (Å²) in [5, 5.41) is 0. The lowest BCUT2D eigenvalue weighted by Crippen LogP contribution is -2.51. The Morgan fingerprint density at radius 1 is 1.23 bits per heavy atom. The standard InChI is InChI=1S/C12H23N/c1-3-10-5-11-4-9(2)6-12(13,7-10)8-11/h9-11H,3-8,13H2,1-2H3. The van der Waals surface area contributed by atoms with Crippen molar-refractivity contribution in [3.05, 3.63) is 0 Å². The summed E-state index contributed by atoms with van der Waals surface area (Å²) in [7, 11) is 0. The average molecular weight is 181 g/mol. The second kappa shape index (κ2) is 3.27. The second-order valence-electron chi connectivity index (χ2n) is 5.69. The number of nitrogens with two attached hydrogens (primary N) is 1. The van der Waals surface area contributed by atoms with Crippen LogP contribution in [0.15, 0.2) is 0 Å². The normalized spacial score (nSPS) is 50.5. The molecule has 2 bridgehead atoms. The summed E-state index contributed by atoms with van der Waals surface area (Å²) < 4.78 is 0. The Kier molecular flexibility index (Phi) is 2.39. The highest BCUT2D eigenvalue weighted by Gasteiger charge is 2.41. The van der Waals surface area contributed by atoms with Gasteiger partial charge in [0.2, 0.25) is 0 Å². The van der Waals surface area contributed by atoms with Crippen LogP contribution in [0.3, 0.4) is 0 Å². The highest BCUT2D eigenvalue weighted by atomic mass is 14.8. The van der Waals surface area contributed by atoms with Crippen LogP contribution in [0.2, 0.25) is 0 Å². The third-order valence-electron chi connectivity index (χ3n) is 4.13. The van der Waals surface area contributed by atoms with Gasteiger partial charge in [-0.2, -0.15) is 0 Å². The maximum atomic E-state index is 6.46. The zero-order valence-corrected chi connectivity index (χ0v) is 9.05. The minimum atomic E-state index is 0.223. The molecule has 0 aromatic rings. The molecule has 2 fully saturated rings. The van der Waals surface area contributed by atoms with Crippen LogP contribution in [0.4, 0.5) is 0 Å². The van der Waals surface area contributed by atoms with Crippen LogP contribution in [-0.2, 0) is 0 Å². The zero-order chi connectivity index (χ0) is 9.47. The Labute approximate surface area is 82.1 Å². The van der Waals surface area contributed by atoms with Gasteiger partial charge in [0, 0.05) is 5.54 Å². The molecule has 2 rings (SSSR count). The smallest absolute Gasteiger partial charge is 0.0162 e. The molecule has 0 aromatic carbocycles. The first-order valence-electron chi connectivity index (χ1n) is 5.90. The van der Waals surface area contributed by atoms with Gasteiger partial charge in [-0.15, -0.1) is 0 Å². The summed E-state index contributed by atoms with van der Waals surface area (Å²) in [5.41, 5.74) is 6.68. The fourth-order valence-corrected chi connectivity index (χ4v) is 3.87. The first-order valence-corrected chi connectivity index (χ1v) is 5.90. The van der Waals surface area contributed by atoms with Crippen molar-refractivity contribution in [1.29, 1.82) is 0 Å². The van der Waals surface area contributed by atoms with Crippen molar-refractivity contribution < 1.29 is 0 Å². The van der Waals surface area contributed by atoms with E-state index in [1.165, 1.54) is 38.5 Å². The molecule has 13 heavy (non-hydrogen) atoms. The van der Waals surface area contributed by atoms with Crippen molar-refractivity contribution in [3.8, 4) is 0 Å². The van der Waals surface area contributed by atoms with E-state index >= 15 is 0 Å². The van der Waals surface area contributed by atoms with Crippen LogP contribution in [0.5, 0.6) is 0 Å². The third-order valence-corrected chi connectivity index (χ3v) is 4.13. The third kappa shape index (κ3) is 1.90. The summed E-state index contributed by atoms with van der Waals surface area (Å²) >= 11 is 0. The molecule has 2 N–H and O–H groups in total. The lowest BCUT2D eigenvalue weighted by molar-refractivity contribution is 0.0759. The number of rotatable bonds is 1. The summed E-state index contributed by atoms with van der Waals surface area (Å²) in [5.74, 6) is 2.75. The van der Waals surface area contributed by atoms with E-state index in [1.54, 1.807) is 0 Å². The minimum Gasteiger partial charge on any atom is -0.325 e. The van der Waals surface area contributed by atoms with Crippen molar-refractivity contribution in [2.24, 2.45) is 23.5 Å². The molecule has 0 aromatic heterocycles. The van der Waals surface area contributed by atoms with E-state index in [1.807, 2.05) is 0 Å². The number of hydrogen-bond acceptors (Lipinski definition) is 1. The monoisotopic (exact) mass is 181 g/mol. The van der Waals surface area contributed by atoms with E-state index in [4.69, 9.17) is 5.73 Å². The van der Waals surface area contributed by atoms with Gasteiger partial charge in [-0.05, 0) is 49.9 Å². The summed E-state index contributed by atoms with van der Waals surface area (Å²) in [4.78, 5) is 0. The summed E-state index contributed by atoms with van der Waals surface area (Å²) in [6, 6.07) is 0. The van der Waals surface area contributed by atoms with Crippen LogP contribution >= 0.6 is 0 Å². The van der Waals surface area contributed by atoms with Gasteiger partial charge in [0.05, 0.1) is 0 Å². The molecule has 2 aliphatic rings. The molecular formula is C12H23N. The van der Waals surface area contributed by atoms with Gasteiger partial charge in [-0.3, -0.25) is 0 Å². The van der Waals surface area contributed by atoms with Gasteiger partial charge in [0.1, 0.15) is 0 Å². The molecule has 2 saturated carbocycles. The quantitative estimate of drug-likeness (QED) is 0.661. The van der Waals surface area contributed by atoms with Gasteiger partial charge in [0.15, 0.2) is 0 Å². The molecule has 4 unspecified atom stereocenters. The molecule has 76 valence electrons. The molecule has 1 heteroatoms. The molecule has 4 atom stereocenters. The Balaban J connectivity index is 2.08. The average Bonchev–Trinajstić information content (AvgIpc) is 1.99. The molecular weight excluding hydrogens is 158 g/mol. The minimum absolute atomic E-state index is 0.223. The summed E-state index contributed by atoms with van der Waals surface area (Å²) in [6.45, 7) is 4.69. The predicted octanol–water partition coefficient (Wildman–Crippen LogP) is 2.94. The van der Waals surface area contributed by atoms with Gasteiger partial charge < -0.3 is 5.73 Å². The second-order valence-corrected chi connectivity index (χ2v) is 5.69. The molecule has 0 spiro atoms. The molecule has 0 heterocycles. The van der Waals surface area contributed by atoms with E-state index < -0.39 is 0 Å². The SMILES string of the molecule is CCC1CC2CC(C)CC(N)(C1)C2. The highest BCUT2D eigenvalue weighted by molar-refractivity contribution is 4.98. The van der Waals surface area contributed by atoms with Crippen LogP contribution < -0.4 is 5.73 Å². The molecule has 0 aliphatic heterocycles. The molecule has 0 saturated heterocycles. The maximum absolute atomic E-state index is 6.46. The lowest BCUT2D eigenvalue weighted by Gasteiger charge is -2.48.